The average molecular weight is 156 g/mol. The van der Waals surface area contributed by atoms with Crippen molar-refractivity contribution in [2.45, 2.75) is 26.3 Å². The quantitative estimate of drug-likeness (QED) is 0.528. The summed E-state index contributed by atoms with van der Waals surface area (Å²) in [5, 5.41) is 0. The molecule has 0 unspecified atom stereocenters. The van der Waals surface area contributed by atoms with Crippen molar-refractivity contribution in [1.29, 1.82) is 0 Å². The van der Waals surface area contributed by atoms with Gasteiger partial charge in [-0.25, -0.2) is 0 Å². The van der Waals surface area contributed by atoms with Crippen molar-refractivity contribution in [3.05, 3.63) is 0 Å². The van der Waals surface area contributed by atoms with Crippen LogP contribution >= 0.6 is 9.30 Å². The van der Waals surface area contributed by atoms with E-state index in [9.17, 15) is 0 Å². The Bertz CT molecular complexity index is 27.2. The molecule has 0 fully saturated rings. The predicted molar refractivity (Wildman–Crippen MR) is 29.8 cm³/mol. The van der Waals surface area contributed by atoms with E-state index in [4.69, 9.17) is 5.73 Å². The van der Waals surface area contributed by atoms with E-state index in [-0.39, 0.29) is 5.54 Å². The zero-order valence-electron chi connectivity index (χ0n) is 4.96. The van der Waals surface area contributed by atoms with Gasteiger partial charge in [-0.05, 0) is 20.8 Å². The van der Waals surface area contributed by atoms with E-state index >= 15 is 0 Å². The third-order valence-corrected chi connectivity index (χ3v) is 0. The van der Waals surface area contributed by atoms with Crippen molar-refractivity contribution in [2.24, 2.45) is 5.73 Å². The molecule has 0 heterocycles. The van der Waals surface area contributed by atoms with Crippen molar-refractivity contribution in [2.75, 3.05) is 0 Å². The summed E-state index contributed by atoms with van der Waals surface area (Å²) >= 11 is 1.47. The van der Waals surface area contributed by atoms with Crippen molar-refractivity contribution >= 4 is 9.30 Å². The molecule has 0 saturated heterocycles. The second-order valence-electron chi connectivity index (χ2n) is 2.37. The molecule has 0 bridgehead atoms. The van der Waals surface area contributed by atoms with E-state index in [2.05, 4.69) is 9.30 Å². The van der Waals surface area contributed by atoms with E-state index in [0.29, 0.717) is 0 Å². The molecular formula is C4H11ClNTi. The SMILES string of the molecule is CC(C)(C)N.[Cl][Ti]. The van der Waals surface area contributed by atoms with Crippen LogP contribution in [0.4, 0.5) is 0 Å². The molecule has 2 N–H and O–H groups in total. The summed E-state index contributed by atoms with van der Waals surface area (Å²) in [5.41, 5.74) is 5.35. The van der Waals surface area contributed by atoms with Crippen LogP contribution in [0.2, 0.25) is 0 Å². The summed E-state index contributed by atoms with van der Waals surface area (Å²) in [4.78, 5) is 0. The second kappa shape index (κ2) is 5.11. The van der Waals surface area contributed by atoms with Gasteiger partial charge in [-0.1, -0.05) is 0 Å². The van der Waals surface area contributed by atoms with Gasteiger partial charge in [0.1, 0.15) is 0 Å². The van der Waals surface area contributed by atoms with E-state index in [1.165, 1.54) is 19.4 Å². The van der Waals surface area contributed by atoms with E-state index < -0.39 is 0 Å². The van der Waals surface area contributed by atoms with Gasteiger partial charge in [0.25, 0.3) is 0 Å². The second-order valence-corrected chi connectivity index (χ2v) is 2.37. The van der Waals surface area contributed by atoms with Gasteiger partial charge in [-0.15, -0.1) is 0 Å². The molecule has 0 aliphatic heterocycles. The fourth-order valence-electron chi connectivity index (χ4n) is 0. The molecule has 0 amide bonds. The van der Waals surface area contributed by atoms with Crippen molar-refractivity contribution < 1.29 is 19.4 Å². The molecule has 1 nitrogen and oxygen atoms in total. The standard InChI is InChI=1S/C4H11N.ClH.Ti/c1-4(2,3)5;;/h5H2,1-3H3;1H;/q;;+1/p-1. The Morgan fingerprint density at radius 3 is 1.29 bits per heavy atom. The third-order valence-electron chi connectivity index (χ3n) is 0. The number of hydrogen-bond donors (Lipinski definition) is 1. The molecule has 0 spiro atoms. The number of rotatable bonds is 0. The molecule has 43 valence electrons. The Hall–Kier alpha value is 0.964. The Labute approximate surface area is 60.9 Å². The summed E-state index contributed by atoms with van der Waals surface area (Å²) in [6, 6.07) is 0. The topological polar surface area (TPSA) is 26.0 Å². The maximum absolute atomic E-state index is 5.35. The van der Waals surface area contributed by atoms with Gasteiger partial charge in [0.2, 0.25) is 0 Å². The van der Waals surface area contributed by atoms with Gasteiger partial charge in [0.05, 0.1) is 0 Å². The first-order chi connectivity index (χ1) is 3.00. The average Bonchev–Trinajstić information content (AvgIpc) is 1.36. The van der Waals surface area contributed by atoms with Gasteiger partial charge < -0.3 is 5.73 Å². The zero-order valence-corrected chi connectivity index (χ0v) is 7.27. The number of nitrogens with two attached hydrogens (primary N) is 1. The summed E-state index contributed by atoms with van der Waals surface area (Å²) in [7, 11) is 4.64. The fraction of sp³-hybridized carbons (Fsp3) is 1.00. The molecule has 0 aliphatic rings. The Balaban J connectivity index is 0. The van der Waals surface area contributed by atoms with Gasteiger partial charge in [0, 0.05) is 5.54 Å². The van der Waals surface area contributed by atoms with E-state index in [1.54, 1.807) is 0 Å². The van der Waals surface area contributed by atoms with Crippen LogP contribution in [0.1, 0.15) is 20.8 Å². The predicted octanol–water partition coefficient (Wildman–Crippen LogP) is 1.43. The van der Waals surface area contributed by atoms with Gasteiger partial charge in [0.15, 0.2) is 0 Å². The van der Waals surface area contributed by atoms with Crippen LogP contribution in [0, 0.1) is 0 Å². The maximum atomic E-state index is 5.35. The Kier molecular flexibility index (Phi) is 7.92. The van der Waals surface area contributed by atoms with Crippen LogP contribution in [0.3, 0.4) is 0 Å². The first-order valence-corrected chi connectivity index (χ1v) is 4.13. The van der Waals surface area contributed by atoms with Gasteiger partial charge >= 0.3 is 28.7 Å². The van der Waals surface area contributed by atoms with Crippen LogP contribution in [0.5, 0.6) is 0 Å². The molecule has 0 saturated carbocycles. The molecule has 7 heavy (non-hydrogen) atoms. The van der Waals surface area contributed by atoms with Crippen LogP contribution < -0.4 is 5.73 Å². The molecule has 3 heteroatoms. The van der Waals surface area contributed by atoms with Crippen molar-refractivity contribution in [3.63, 3.8) is 0 Å². The molecule has 0 radical (unpaired) electrons. The zero-order chi connectivity index (χ0) is 6.50. The van der Waals surface area contributed by atoms with Gasteiger partial charge in [-0.2, -0.15) is 0 Å². The van der Waals surface area contributed by atoms with Crippen LogP contribution in [0.25, 0.3) is 0 Å². The van der Waals surface area contributed by atoms with Crippen LogP contribution in [-0.2, 0) is 19.4 Å². The summed E-state index contributed by atoms with van der Waals surface area (Å²) in [6.45, 7) is 5.90. The summed E-state index contributed by atoms with van der Waals surface area (Å²) in [5.74, 6) is 0. The first kappa shape index (κ1) is 10.9. The molecule has 0 aromatic rings. The van der Waals surface area contributed by atoms with Crippen LogP contribution in [0.15, 0.2) is 0 Å². The monoisotopic (exact) mass is 156 g/mol. The van der Waals surface area contributed by atoms with Crippen molar-refractivity contribution in [1.82, 2.24) is 0 Å². The van der Waals surface area contributed by atoms with E-state index in [0.717, 1.165) is 0 Å². The Morgan fingerprint density at radius 1 is 1.29 bits per heavy atom. The molecule has 0 atom stereocenters. The third kappa shape index (κ3) is 185. The summed E-state index contributed by atoms with van der Waals surface area (Å²) in [6.07, 6.45) is 0. The number of hydrogen-bond acceptors (Lipinski definition) is 1. The van der Waals surface area contributed by atoms with E-state index in [1.807, 2.05) is 20.8 Å². The minimum atomic E-state index is 0. The molecule has 0 rings (SSSR count). The van der Waals surface area contributed by atoms with Crippen LogP contribution in [-0.4, -0.2) is 5.54 Å². The Morgan fingerprint density at radius 2 is 1.29 bits per heavy atom. The first-order valence-electron chi connectivity index (χ1n) is 1.98. The fourth-order valence-corrected chi connectivity index (χ4v) is 0. The normalized spacial score (nSPS) is 9.14. The van der Waals surface area contributed by atoms with Crippen molar-refractivity contribution in [3.8, 4) is 0 Å². The summed E-state index contributed by atoms with van der Waals surface area (Å²) < 4.78 is 0. The number of halogens is 1. The molecule has 0 aromatic heterocycles. The van der Waals surface area contributed by atoms with Gasteiger partial charge in [-0.3, -0.25) is 0 Å². The minimum absolute atomic E-state index is 0. The molecule has 0 aliphatic carbocycles. The molecular weight excluding hydrogens is 145 g/mol. The molecule has 0 aromatic carbocycles.